The molecule has 0 aromatic rings. The molecule has 0 bridgehead atoms. The fraction of sp³-hybridized carbons (Fsp3) is 0.833. The number of carbonyl (C=O) groups excluding carboxylic acids is 2. The number of hydrogen-bond donors (Lipinski definition) is 1. The summed E-state index contributed by atoms with van der Waals surface area (Å²) in [6, 6.07) is 0.555. The molecule has 3 rings (SSSR count). The zero-order valence-corrected chi connectivity index (χ0v) is 9.45. The Morgan fingerprint density at radius 3 is 2.56 bits per heavy atom. The van der Waals surface area contributed by atoms with Crippen LogP contribution in [0.4, 0.5) is 0 Å². The molecule has 3 aliphatic rings. The maximum Gasteiger partial charge on any atom is 0.225 e. The van der Waals surface area contributed by atoms with Gasteiger partial charge in [0.2, 0.25) is 11.8 Å². The van der Waals surface area contributed by atoms with Crippen LogP contribution >= 0.6 is 0 Å². The lowest BCUT2D eigenvalue weighted by Gasteiger charge is -2.26. The van der Waals surface area contributed by atoms with Gasteiger partial charge in [0.25, 0.3) is 0 Å². The molecule has 3 fully saturated rings. The number of nitrogens with zero attached hydrogens (tertiary/aromatic N) is 1. The normalized spacial score (nSPS) is 30.4. The molecule has 0 aromatic heterocycles. The average molecular weight is 222 g/mol. The standard InChI is InChI=1S/C12H18N2O2/c15-11-6-9(7-14(11)10-4-5-10)13-12(16)8-2-1-3-8/h8-10H,1-7H2,(H,13,16). The number of amides is 2. The van der Waals surface area contributed by atoms with Crippen LogP contribution < -0.4 is 5.32 Å². The third kappa shape index (κ3) is 1.81. The molecule has 0 spiro atoms. The highest BCUT2D eigenvalue weighted by molar-refractivity contribution is 5.83. The van der Waals surface area contributed by atoms with Gasteiger partial charge in [-0.2, -0.15) is 0 Å². The average Bonchev–Trinajstić information content (AvgIpc) is 2.89. The van der Waals surface area contributed by atoms with E-state index >= 15 is 0 Å². The van der Waals surface area contributed by atoms with E-state index in [2.05, 4.69) is 5.32 Å². The minimum atomic E-state index is 0.0706. The van der Waals surface area contributed by atoms with Crippen LogP contribution in [-0.2, 0) is 9.59 Å². The summed E-state index contributed by atoms with van der Waals surface area (Å²) >= 11 is 0. The lowest BCUT2D eigenvalue weighted by molar-refractivity contribution is -0.128. The molecular formula is C12H18N2O2. The molecule has 1 atom stereocenters. The van der Waals surface area contributed by atoms with Gasteiger partial charge < -0.3 is 10.2 Å². The summed E-state index contributed by atoms with van der Waals surface area (Å²) < 4.78 is 0. The fourth-order valence-corrected chi connectivity index (χ4v) is 2.56. The number of likely N-dealkylation sites (tertiary alicyclic amines) is 1. The maximum absolute atomic E-state index is 11.7. The minimum Gasteiger partial charge on any atom is -0.351 e. The predicted octanol–water partition coefficient (Wildman–Crippen LogP) is 0.666. The number of hydrogen-bond acceptors (Lipinski definition) is 2. The van der Waals surface area contributed by atoms with Crippen molar-refractivity contribution in [3.05, 3.63) is 0 Å². The summed E-state index contributed by atoms with van der Waals surface area (Å²) in [6.07, 6.45) is 6.03. The van der Waals surface area contributed by atoms with Gasteiger partial charge in [-0.05, 0) is 25.7 Å². The Labute approximate surface area is 95.4 Å². The summed E-state index contributed by atoms with van der Waals surface area (Å²) in [5, 5.41) is 3.02. The lowest BCUT2D eigenvalue weighted by Crippen LogP contribution is -2.42. The van der Waals surface area contributed by atoms with Gasteiger partial charge in [0.1, 0.15) is 0 Å². The molecule has 0 aromatic carbocycles. The Bertz CT molecular complexity index is 321. The van der Waals surface area contributed by atoms with Gasteiger partial charge in [0.05, 0.1) is 6.04 Å². The van der Waals surface area contributed by atoms with E-state index in [0.717, 1.165) is 32.2 Å². The SMILES string of the molecule is O=C(NC1CC(=O)N(C2CC2)C1)C1CCC1. The van der Waals surface area contributed by atoms with Crippen molar-refractivity contribution in [1.82, 2.24) is 10.2 Å². The Morgan fingerprint density at radius 2 is 2.00 bits per heavy atom. The highest BCUT2D eigenvalue weighted by Crippen LogP contribution is 2.31. The van der Waals surface area contributed by atoms with Crippen LogP contribution in [0.25, 0.3) is 0 Å². The van der Waals surface area contributed by atoms with E-state index in [4.69, 9.17) is 0 Å². The Morgan fingerprint density at radius 1 is 1.25 bits per heavy atom. The largest absolute Gasteiger partial charge is 0.351 e. The van der Waals surface area contributed by atoms with Crippen molar-refractivity contribution in [3.8, 4) is 0 Å². The minimum absolute atomic E-state index is 0.0706. The third-order valence-electron chi connectivity index (χ3n) is 3.97. The summed E-state index contributed by atoms with van der Waals surface area (Å²) in [6.45, 7) is 0.738. The van der Waals surface area contributed by atoms with Gasteiger partial charge >= 0.3 is 0 Å². The first-order chi connectivity index (χ1) is 7.74. The first-order valence-corrected chi connectivity index (χ1v) is 6.34. The van der Waals surface area contributed by atoms with E-state index in [0.29, 0.717) is 12.5 Å². The van der Waals surface area contributed by atoms with Crippen LogP contribution in [0.1, 0.15) is 38.5 Å². The van der Waals surface area contributed by atoms with Crippen LogP contribution in [-0.4, -0.2) is 35.3 Å². The Balaban J connectivity index is 1.52. The molecule has 4 heteroatoms. The van der Waals surface area contributed by atoms with Crippen molar-refractivity contribution in [3.63, 3.8) is 0 Å². The van der Waals surface area contributed by atoms with Crippen LogP contribution in [0.2, 0.25) is 0 Å². The number of rotatable bonds is 3. The van der Waals surface area contributed by atoms with Crippen LogP contribution in [0.3, 0.4) is 0 Å². The summed E-state index contributed by atoms with van der Waals surface area (Å²) in [7, 11) is 0. The molecule has 1 saturated heterocycles. The second kappa shape index (κ2) is 3.75. The fourth-order valence-electron chi connectivity index (χ4n) is 2.56. The zero-order chi connectivity index (χ0) is 11.1. The van der Waals surface area contributed by atoms with Gasteiger partial charge in [-0.1, -0.05) is 6.42 Å². The van der Waals surface area contributed by atoms with Gasteiger partial charge in [-0.15, -0.1) is 0 Å². The lowest BCUT2D eigenvalue weighted by atomic mass is 9.84. The van der Waals surface area contributed by atoms with Crippen LogP contribution in [0, 0.1) is 5.92 Å². The van der Waals surface area contributed by atoms with E-state index in [1.165, 1.54) is 6.42 Å². The molecule has 2 aliphatic carbocycles. The Kier molecular flexibility index (Phi) is 2.37. The molecule has 4 nitrogen and oxygen atoms in total. The van der Waals surface area contributed by atoms with Gasteiger partial charge in [0.15, 0.2) is 0 Å². The van der Waals surface area contributed by atoms with Crippen molar-refractivity contribution >= 4 is 11.8 Å². The van der Waals surface area contributed by atoms with E-state index in [1.54, 1.807) is 0 Å². The van der Waals surface area contributed by atoms with E-state index in [1.807, 2.05) is 4.90 Å². The van der Waals surface area contributed by atoms with E-state index in [9.17, 15) is 9.59 Å². The van der Waals surface area contributed by atoms with Gasteiger partial charge in [0, 0.05) is 24.9 Å². The number of nitrogens with one attached hydrogen (secondary N) is 1. The number of carbonyl (C=O) groups is 2. The van der Waals surface area contributed by atoms with E-state index < -0.39 is 0 Å². The van der Waals surface area contributed by atoms with Crippen molar-refractivity contribution in [2.75, 3.05) is 6.54 Å². The molecule has 1 unspecified atom stereocenters. The zero-order valence-electron chi connectivity index (χ0n) is 9.45. The molecule has 1 heterocycles. The highest BCUT2D eigenvalue weighted by Gasteiger charge is 2.40. The van der Waals surface area contributed by atoms with Crippen molar-refractivity contribution in [2.45, 2.75) is 50.6 Å². The molecule has 2 saturated carbocycles. The second-order valence-electron chi connectivity index (χ2n) is 5.31. The quantitative estimate of drug-likeness (QED) is 0.763. The summed E-state index contributed by atoms with van der Waals surface area (Å²) in [5.74, 6) is 0.619. The predicted molar refractivity (Wildman–Crippen MR) is 58.6 cm³/mol. The monoisotopic (exact) mass is 222 g/mol. The van der Waals surface area contributed by atoms with Crippen molar-refractivity contribution in [2.24, 2.45) is 5.92 Å². The molecule has 16 heavy (non-hydrogen) atoms. The van der Waals surface area contributed by atoms with E-state index in [-0.39, 0.29) is 23.8 Å². The van der Waals surface area contributed by atoms with Crippen molar-refractivity contribution in [1.29, 1.82) is 0 Å². The van der Waals surface area contributed by atoms with Gasteiger partial charge in [-0.25, -0.2) is 0 Å². The Hall–Kier alpha value is -1.06. The first-order valence-electron chi connectivity index (χ1n) is 6.34. The molecule has 1 N–H and O–H groups in total. The van der Waals surface area contributed by atoms with Crippen LogP contribution in [0.15, 0.2) is 0 Å². The molecular weight excluding hydrogens is 204 g/mol. The highest BCUT2D eigenvalue weighted by atomic mass is 16.2. The van der Waals surface area contributed by atoms with Crippen LogP contribution in [0.5, 0.6) is 0 Å². The second-order valence-corrected chi connectivity index (χ2v) is 5.31. The molecule has 2 amide bonds. The molecule has 1 aliphatic heterocycles. The third-order valence-corrected chi connectivity index (χ3v) is 3.97. The van der Waals surface area contributed by atoms with Gasteiger partial charge in [-0.3, -0.25) is 9.59 Å². The molecule has 0 radical (unpaired) electrons. The summed E-state index contributed by atoms with van der Waals surface area (Å²) in [4.78, 5) is 25.4. The maximum atomic E-state index is 11.7. The molecule has 88 valence electrons. The topological polar surface area (TPSA) is 49.4 Å². The smallest absolute Gasteiger partial charge is 0.225 e. The summed E-state index contributed by atoms with van der Waals surface area (Å²) in [5.41, 5.74) is 0. The van der Waals surface area contributed by atoms with Crippen molar-refractivity contribution < 1.29 is 9.59 Å². The first kappa shape index (κ1) is 10.1.